The number of nitrogens with zero attached hydrogens (tertiary/aromatic N) is 2. The molecule has 7 heteroatoms. The first-order valence-corrected chi connectivity index (χ1v) is 8.20. The first-order chi connectivity index (χ1) is 11.7. The van der Waals surface area contributed by atoms with Gasteiger partial charge in [0.2, 0.25) is 23.6 Å². The number of amides is 2. The first-order valence-electron chi connectivity index (χ1n) is 8.20. The highest BCUT2D eigenvalue weighted by molar-refractivity contribution is 5.85. The van der Waals surface area contributed by atoms with Crippen LogP contribution in [0.5, 0.6) is 0 Å². The Kier molecular flexibility index (Phi) is 5.90. The van der Waals surface area contributed by atoms with E-state index in [9.17, 15) is 9.59 Å². The molecule has 1 heterocycles. The van der Waals surface area contributed by atoms with E-state index in [1.54, 1.807) is 0 Å². The third kappa shape index (κ3) is 6.37. The van der Waals surface area contributed by atoms with Crippen molar-refractivity contribution in [2.75, 3.05) is 6.54 Å². The minimum Gasteiger partial charge on any atom is -0.421 e. The van der Waals surface area contributed by atoms with Gasteiger partial charge in [-0.15, -0.1) is 10.2 Å². The highest BCUT2D eigenvalue weighted by atomic mass is 16.4. The molecule has 0 aliphatic carbocycles. The predicted octanol–water partition coefficient (Wildman–Crippen LogP) is 2.01. The average molecular weight is 344 g/mol. The van der Waals surface area contributed by atoms with E-state index < -0.39 is 0 Å². The van der Waals surface area contributed by atoms with Gasteiger partial charge in [0.25, 0.3) is 0 Å². The molecule has 1 aromatic heterocycles. The van der Waals surface area contributed by atoms with Crippen LogP contribution in [0.4, 0.5) is 0 Å². The number of aromatic nitrogens is 2. The molecule has 0 atom stereocenters. The van der Waals surface area contributed by atoms with Gasteiger partial charge in [0, 0.05) is 23.9 Å². The summed E-state index contributed by atoms with van der Waals surface area (Å²) in [7, 11) is 0. The zero-order chi connectivity index (χ0) is 18.4. The van der Waals surface area contributed by atoms with Crippen molar-refractivity contribution in [2.24, 2.45) is 0 Å². The molecule has 0 saturated carbocycles. The van der Waals surface area contributed by atoms with E-state index >= 15 is 0 Å². The molecule has 2 amide bonds. The smallest absolute Gasteiger partial charge is 0.247 e. The minimum absolute atomic E-state index is 0.0471. The molecule has 2 rings (SSSR count). The van der Waals surface area contributed by atoms with Gasteiger partial charge < -0.3 is 15.1 Å². The molecule has 0 aliphatic heterocycles. The number of benzene rings is 1. The van der Waals surface area contributed by atoms with E-state index in [-0.39, 0.29) is 30.3 Å². The molecular formula is C18H24N4O3. The Bertz CT molecular complexity index is 730. The van der Waals surface area contributed by atoms with Crippen molar-refractivity contribution in [2.45, 2.75) is 46.1 Å². The van der Waals surface area contributed by atoms with Gasteiger partial charge in [-0.2, -0.15) is 0 Å². The van der Waals surface area contributed by atoms with Crippen LogP contribution < -0.4 is 10.6 Å². The van der Waals surface area contributed by atoms with Crippen molar-refractivity contribution in [3.05, 3.63) is 35.7 Å². The molecule has 25 heavy (non-hydrogen) atoms. The molecule has 0 spiro atoms. The fourth-order valence-electron chi connectivity index (χ4n) is 2.12. The molecular weight excluding hydrogens is 320 g/mol. The largest absolute Gasteiger partial charge is 0.421 e. The maximum Gasteiger partial charge on any atom is 0.247 e. The summed E-state index contributed by atoms with van der Waals surface area (Å²) in [5, 5.41) is 13.3. The van der Waals surface area contributed by atoms with Gasteiger partial charge in [-0.1, -0.05) is 17.7 Å². The van der Waals surface area contributed by atoms with Crippen LogP contribution in [0.25, 0.3) is 11.5 Å². The molecule has 0 unspecified atom stereocenters. The molecule has 1 aromatic carbocycles. The molecule has 2 aromatic rings. The van der Waals surface area contributed by atoms with Crippen LogP contribution in [0.1, 0.15) is 38.6 Å². The number of hydrogen-bond acceptors (Lipinski definition) is 5. The Labute approximate surface area is 147 Å². The lowest BCUT2D eigenvalue weighted by molar-refractivity contribution is -0.126. The van der Waals surface area contributed by atoms with E-state index in [1.165, 1.54) is 0 Å². The topological polar surface area (TPSA) is 97.1 Å². The average Bonchev–Trinajstić information content (AvgIpc) is 2.99. The van der Waals surface area contributed by atoms with Crippen molar-refractivity contribution < 1.29 is 14.0 Å². The molecule has 0 saturated heterocycles. The SMILES string of the molecule is Cc1ccc(-c2nnc(CCC(=O)NCC(=O)NC(C)(C)C)o2)cc1. The van der Waals surface area contributed by atoms with Crippen LogP contribution in [-0.4, -0.2) is 34.1 Å². The van der Waals surface area contributed by atoms with Gasteiger partial charge in [0.05, 0.1) is 6.54 Å². The Morgan fingerprint density at radius 3 is 2.40 bits per heavy atom. The highest BCUT2D eigenvalue weighted by Crippen LogP contribution is 2.18. The van der Waals surface area contributed by atoms with Gasteiger partial charge in [0.1, 0.15) is 0 Å². The van der Waals surface area contributed by atoms with Crippen molar-refractivity contribution in [1.82, 2.24) is 20.8 Å². The summed E-state index contributed by atoms with van der Waals surface area (Å²) >= 11 is 0. The van der Waals surface area contributed by atoms with Crippen LogP contribution in [0.2, 0.25) is 0 Å². The zero-order valence-electron chi connectivity index (χ0n) is 15.0. The third-order valence-electron chi connectivity index (χ3n) is 3.29. The van der Waals surface area contributed by atoms with Crippen LogP contribution in [0.3, 0.4) is 0 Å². The molecule has 2 N–H and O–H groups in total. The fraction of sp³-hybridized carbons (Fsp3) is 0.444. The van der Waals surface area contributed by atoms with Gasteiger partial charge in [0.15, 0.2) is 0 Å². The van der Waals surface area contributed by atoms with E-state index in [2.05, 4.69) is 20.8 Å². The molecule has 134 valence electrons. The number of nitrogens with one attached hydrogen (secondary N) is 2. The summed E-state index contributed by atoms with van der Waals surface area (Å²) in [6, 6.07) is 7.75. The molecule has 0 radical (unpaired) electrons. The quantitative estimate of drug-likeness (QED) is 0.835. The van der Waals surface area contributed by atoms with Crippen LogP contribution in [0, 0.1) is 6.92 Å². The van der Waals surface area contributed by atoms with Crippen molar-refractivity contribution in [3.8, 4) is 11.5 Å². The van der Waals surface area contributed by atoms with Crippen LogP contribution >= 0.6 is 0 Å². The Morgan fingerprint density at radius 1 is 1.08 bits per heavy atom. The summed E-state index contributed by atoms with van der Waals surface area (Å²) in [6.45, 7) is 7.60. The lowest BCUT2D eigenvalue weighted by Gasteiger charge is -2.20. The summed E-state index contributed by atoms with van der Waals surface area (Å²) in [5.74, 6) is 0.365. The number of hydrogen-bond donors (Lipinski definition) is 2. The zero-order valence-corrected chi connectivity index (χ0v) is 15.0. The summed E-state index contributed by atoms with van der Waals surface area (Å²) < 4.78 is 5.57. The molecule has 0 fully saturated rings. The highest BCUT2D eigenvalue weighted by Gasteiger charge is 2.15. The first kappa shape index (κ1) is 18.6. The fourth-order valence-corrected chi connectivity index (χ4v) is 2.12. The van der Waals surface area contributed by atoms with Crippen LogP contribution in [-0.2, 0) is 16.0 Å². The second kappa shape index (κ2) is 7.92. The third-order valence-corrected chi connectivity index (χ3v) is 3.29. The van der Waals surface area contributed by atoms with E-state index in [4.69, 9.17) is 4.42 Å². The Morgan fingerprint density at radius 2 is 1.76 bits per heavy atom. The predicted molar refractivity (Wildman–Crippen MR) is 93.7 cm³/mol. The van der Waals surface area contributed by atoms with Gasteiger partial charge >= 0.3 is 0 Å². The minimum atomic E-state index is -0.321. The number of aryl methyl sites for hydroxylation is 2. The van der Waals surface area contributed by atoms with E-state index in [1.807, 2.05) is 52.0 Å². The second-order valence-electron chi connectivity index (χ2n) is 6.94. The maximum absolute atomic E-state index is 11.8. The summed E-state index contributed by atoms with van der Waals surface area (Å²) in [5.41, 5.74) is 1.67. The monoisotopic (exact) mass is 344 g/mol. The standard InChI is InChI=1S/C18H24N4O3/c1-12-5-7-13(8-6-12)17-22-21-16(25-17)10-9-14(23)19-11-15(24)20-18(2,3)4/h5-8H,9-11H2,1-4H3,(H,19,23)(H,20,24). The van der Waals surface area contributed by atoms with Crippen molar-refractivity contribution in [3.63, 3.8) is 0 Å². The number of carbonyl (C=O) groups is 2. The van der Waals surface area contributed by atoms with Crippen molar-refractivity contribution >= 4 is 11.8 Å². The summed E-state index contributed by atoms with van der Waals surface area (Å²) in [6.07, 6.45) is 0.504. The lowest BCUT2D eigenvalue weighted by Crippen LogP contribution is -2.45. The van der Waals surface area contributed by atoms with Gasteiger partial charge in [-0.05, 0) is 39.8 Å². The molecule has 0 aliphatic rings. The van der Waals surface area contributed by atoms with E-state index in [0.717, 1.165) is 11.1 Å². The normalized spacial score (nSPS) is 11.2. The summed E-state index contributed by atoms with van der Waals surface area (Å²) in [4.78, 5) is 23.5. The molecule has 7 nitrogen and oxygen atoms in total. The maximum atomic E-state index is 11.8. The van der Waals surface area contributed by atoms with Crippen LogP contribution in [0.15, 0.2) is 28.7 Å². The van der Waals surface area contributed by atoms with Crippen molar-refractivity contribution in [1.29, 1.82) is 0 Å². The van der Waals surface area contributed by atoms with Gasteiger partial charge in [-0.3, -0.25) is 9.59 Å². The number of carbonyl (C=O) groups excluding carboxylic acids is 2. The Balaban J connectivity index is 1.79. The number of rotatable bonds is 6. The Hall–Kier alpha value is -2.70. The second-order valence-corrected chi connectivity index (χ2v) is 6.94. The molecule has 0 bridgehead atoms. The van der Waals surface area contributed by atoms with Gasteiger partial charge in [-0.25, -0.2) is 0 Å². The van der Waals surface area contributed by atoms with E-state index in [0.29, 0.717) is 18.2 Å². The lowest BCUT2D eigenvalue weighted by atomic mass is 10.1.